The summed E-state index contributed by atoms with van der Waals surface area (Å²) in [5.41, 5.74) is -0.859. The number of hydrogen-bond donors (Lipinski definition) is 1. The molecule has 1 unspecified atom stereocenters. The Morgan fingerprint density at radius 2 is 1.90 bits per heavy atom. The average Bonchev–Trinajstić information content (AvgIpc) is 2.84. The molecule has 1 rings (SSSR count). The molecule has 1 fully saturated rings. The average molecular weight is 424 g/mol. The molecular formula is C18H28F4N4O3. The van der Waals surface area contributed by atoms with E-state index in [0.717, 1.165) is 18.1 Å². The Morgan fingerprint density at radius 3 is 2.34 bits per heavy atom. The van der Waals surface area contributed by atoms with E-state index in [4.69, 9.17) is 4.74 Å². The number of amidine groups is 1. The molecule has 0 bridgehead atoms. The van der Waals surface area contributed by atoms with E-state index >= 15 is 0 Å². The minimum Gasteiger partial charge on any atom is -0.444 e. The van der Waals surface area contributed by atoms with Crippen LogP contribution in [-0.4, -0.2) is 70.9 Å². The molecule has 166 valence electrons. The molecule has 0 aromatic carbocycles. The SMILES string of the molecule is C=CN=C(N(C)C(C)NC(=O)[C@@H]1C[C@@H](F)[C@H](C)N1C(=O)OC(C)(C)C)C(F)(F)F. The fraction of sp³-hybridized carbons (Fsp3) is 0.722. The summed E-state index contributed by atoms with van der Waals surface area (Å²) in [6, 6.07) is -2.13. The van der Waals surface area contributed by atoms with Gasteiger partial charge in [-0.05, 0) is 34.6 Å². The lowest BCUT2D eigenvalue weighted by atomic mass is 10.1. The minimum absolute atomic E-state index is 0.282. The van der Waals surface area contributed by atoms with E-state index in [9.17, 15) is 27.2 Å². The molecule has 1 saturated heterocycles. The van der Waals surface area contributed by atoms with Crippen molar-refractivity contribution in [2.75, 3.05) is 7.05 Å². The van der Waals surface area contributed by atoms with Gasteiger partial charge < -0.3 is 15.0 Å². The van der Waals surface area contributed by atoms with Crippen molar-refractivity contribution in [2.24, 2.45) is 4.99 Å². The Hall–Kier alpha value is -2.33. The second-order valence-electron chi connectivity index (χ2n) is 7.82. The zero-order chi connectivity index (χ0) is 22.7. The van der Waals surface area contributed by atoms with Crippen LogP contribution in [0.15, 0.2) is 17.8 Å². The molecule has 2 amide bonds. The summed E-state index contributed by atoms with van der Waals surface area (Å²) in [5, 5.41) is 2.38. The van der Waals surface area contributed by atoms with Crippen molar-refractivity contribution in [2.45, 2.75) is 77.2 Å². The fourth-order valence-electron chi connectivity index (χ4n) is 2.86. The standard InChI is InChI=1S/C18H28F4N4O3/c1-8-23-15(18(20,21)22)25(7)11(3)24-14(27)13-9-12(19)10(2)26(13)16(28)29-17(4,5)6/h8,10-13H,1,9H2,2-7H3,(H,24,27)/t10-,11?,12+,13-/m0/s1. The minimum atomic E-state index is -4.77. The van der Waals surface area contributed by atoms with Gasteiger partial charge in [0.05, 0.1) is 12.2 Å². The molecule has 11 heteroatoms. The Labute approximate surface area is 167 Å². The molecule has 1 aliphatic heterocycles. The number of nitrogens with one attached hydrogen (secondary N) is 1. The molecule has 7 nitrogen and oxygen atoms in total. The van der Waals surface area contributed by atoms with Crippen molar-refractivity contribution in [3.05, 3.63) is 12.8 Å². The smallest absolute Gasteiger partial charge is 0.444 e. The summed E-state index contributed by atoms with van der Waals surface area (Å²) in [7, 11) is 1.10. The van der Waals surface area contributed by atoms with Crippen LogP contribution >= 0.6 is 0 Å². The summed E-state index contributed by atoms with van der Waals surface area (Å²) in [4.78, 5) is 30.0. The predicted molar refractivity (Wildman–Crippen MR) is 99.9 cm³/mol. The van der Waals surface area contributed by atoms with Gasteiger partial charge in [-0.25, -0.2) is 14.2 Å². The first-order valence-electron chi connectivity index (χ1n) is 9.04. The number of halogens is 4. The fourth-order valence-corrected chi connectivity index (χ4v) is 2.86. The van der Waals surface area contributed by atoms with Crippen molar-refractivity contribution in [1.29, 1.82) is 0 Å². The Bertz CT molecular complexity index is 660. The van der Waals surface area contributed by atoms with Crippen molar-refractivity contribution >= 4 is 17.8 Å². The van der Waals surface area contributed by atoms with E-state index in [-0.39, 0.29) is 6.42 Å². The second kappa shape index (κ2) is 9.00. The van der Waals surface area contributed by atoms with E-state index in [1.807, 2.05) is 0 Å². The number of aliphatic imine (C=N–C) groups is 1. The number of carbonyl (C=O) groups excluding carboxylic acids is 2. The molecule has 1 heterocycles. The van der Waals surface area contributed by atoms with Gasteiger partial charge in [-0.3, -0.25) is 9.69 Å². The number of carbonyl (C=O) groups is 2. The van der Waals surface area contributed by atoms with E-state index in [1.165, 1.54) is 13.8 Å². The number of rotatable bonds is 4. The van der Waals surface area contributed by atoms with Crippen LogP contribution in [0.2, 0.25) is 0 Å². The van der Waals surface area contributed by atoms with Gasteiger partial charge in [0.1, 0.15) is 17.8 Å². The lowest BCUT2D eigenvalue weighted by molar-refractivity contribution is -0.127. The predicted octanol–water partition coefficient (Wildman–Crippen LogP) is 3.22. The van der Waals surface area contributed by atoms with E-state index in [1.54, 1.807) is 20.8 Å². The molecule has 29 heavy (non-hydrogen) atoms. The zero-order valence-electron chi connectivity index (χ0n) is 17.4. The first-order valence-corrected chi connectivity index (χ1v) is 9.04. The Balaban J connectivity index is 2.99. The third-order valence-electron chi connectivity index (χ3n) is 4.39. The number of nitrogens with zero attached hydrogens (tertiary/aromatic N) is 3. The molecule has 0 aromatic heterocycles. The maximum absolute atomic E-state index is 14.2. The summed E-state index contributed by atoms with van der Waals surface area (Å²) >= 11 is 0. The van der Waals surface area contributed by atoms with Crippen LogP contribution in [0.25, 0.3) is 0 Å². The van der Waals surface area contributed by atoms with Gasteiger partial charge in [0.2, 0.25) is 11.7 Å². The van der Waals surface area contributed by atoms with Gasteiger partial charge in [-0.1, -0.05) is 6.58 Å². The molecule has 0 aromatic rings. The highest BCUT2D eigenvalue weighted by molar-refractivity contribution is 5.90. The van der Waals surface area contributed by atoms with Crippen molar-refractivity contribution in [1.82, 2.24) is 15.1 Å². The monoisotopic (exact) mass is 424 g/mol. The molecular weight excluding hydrogens is 396 g/mol. The Kier molecular flexibility index (Phi) is 7.67. The summed E-state index contributed by atoms with van der Waals surface area (Å²) in [5.74, 6) is -2.05. The summed E-state index contributed by atoms with van der Waals surface area (Å²) in [6.45, 7) is 10.8. The maximum Gasteiger partial charge on any atom is 0.449 e. The van der Waals surface area contributed by atoms with Gasteiger partial charge in [0.25, 0.3) is 0 Å². The molecule has 4 atom stereocenters. The largest absolute Gasteiger partial charge is 0.449 e. The zero-order valence-corrected chi connectivity index (χ0v) is 17.4. The maximum atomic E-state index is 14.2. The van der Waals surface area contributed by atoms with Crippen LogP contribution in [0.4, 0.5) is 22.4 Å². The highest BCUT2D eigenvalue weighted by Crippen LogP contribution is 2.29. The van der Waals surface area contributed by atoms with Gasteiger partial charge in [0, 0.05) is 19.7 Å². The van der Waals surface area contributed by atoms with Crippen molar-refractivity contribution in [3.63, 3.8) is 0 Å². The van der Waals surface area contributed by atoms with Crippen LogP contribution in [0.1, 0.15) is 41.0 Å². The highest BCUT2D eigenvalue weighted by atomic mass is 19.4. The van der Waals surface area contributed by atoms with E-state index in [0.29, 0.717) is 4.90 Å². The molecule has 1 N–H and O–H groups in total. The highest BCUT2D eigenvalue weighted by Gasteiger charge is 2.47. The van der Waals surface area contributed by atoms with Crippen LogP contribution < -0.4 is 5.32 Å². The number of amides is 2. The van der Waals surface area contributed by atoms with Gasteiger partial charge >= 0.3 is 12.3 Å². The van der Waals surface area contributed by atoms with Gasteiger partial charge in [-0.2, -0.15) is 13.2 Å². The number of ether oxygens (including phenoxy) is 1. The molecule has 0 saturated carbocycles. The lowest BCUT2D eigenvalue weighted by Crippen LogP contribution is -2.56. The second-order valence-corrected chi connectivity index (χ2v) is 7.82. The first-order chi connectivity index (χ1) is 13.1. The Morgan fingerprint density at radius 1 is 1.34 bits per heavy atom. The number of likely N-dealkylation sites (tertiary alicyclic amines) is 1. The number of alkyl halides is 4. The van der Waals surface area contributed by atoms with Crippen molar-refractivity contribution < 1.29 is 31.9 Å². The summed E-state index contributed by atoms with van der Waals surface area (Å²) in [6.07, 6.45) is -7.79. The normalized spacial score (nSPS) is 24.1. The first kappa shape index (κ1) is 24.7. The van der Waals surface area contributed by atoms with Crippen LogP contribution in [0, 0.1) is 0 Å². The van der Waals surface area contributed by atoms with Crippen LogP contribution in [0.5, 0.6) is 0 Å². The third kappa shape index (κ3) is 6.33. The molecule has 0 aliphatic carbocycles. The topological polar surface area (TPSA) is 74.2 Å². The molecule has 0 radical (unpaired) electrons. The van der Waals surface area contributed by atoms with Crippen LogP contribution in [-0.2, 0) is 9.53 Å². The third-order valence-corrected chi connectivity index (χ3v) is 4.39. The van der Waals surface area contributed by atoms with E-state index < -0.39 is 54.0 Å². The van der Waals surface area contributed by atoms with Gasteiger partial charge in [-0.15, -0.1) is 0 Å². The number of hydrogen-bond acceptors (Lipinski definition) is 4. The van der Waals surface area contributed by atoms with Crippen LogP contribution in [0.3, 0.4) is 0 Å². The van der Waals surface area contributed by atoms with Gasteiger partial charge in [0.15, 0.2) is 0 Å². The van der Waals surface area contributed by atoms with E-state index in [2.05, 4.69) is 16.9 Å². The summed E-state index contributed by atoms with van der Waals surface area (Å²) < 4.78 is 58.9. The quantitative estimate of drug-likeness (QED) is 0.326. The molecule has 1 aliphatic rings. The van der Waals surface area contributed by atoms with Crippen molar-refractivity contribution in [3.8, 4) is 0 Å². The molecule has 0 spiro atoms. The lowest BCUT2D eigenvalue weighted by Gasteiger charge is -2.33.